The average molecular weight is 274 g/mol. The minimum Gasteiger partial charge on any atom is -0.385 e. The van der Waals surface area contributed by atoms with Crippen molar-refractivity contribution >= 4 is 11.6 Å². The van der Waals surface area contributed by atoms with Gasteiger partial charge in [-0.1, -0.05) is 25.4 Å². The van der Waals surface area contributed by atoms with Crippen molar-refractivity contribution in [2.24, 2.45) is 12.5 Å². The van der Waals surface area contributed by atoms with Gasteiger partial charge in [-0.25, -0.2) is 0 Å². The normalized spacial score (nSPS) is 12.1. The SMILES string of the molecule is COCCC(C)(C)CNCc1c(C)nn(C)c1Cl. The van der Waals surface area contributed by atoms with Crippen LogP contribution in [0.15, 0.2) is 0 Å². The molecule has 0 atom stereocenters. The summed E-state index contributed by atoms with van der Waals surface area (Å²) in [6.45, 7) is 8.93. The van der Waals surface area contributed by atoms with Gasteiger partial charge in [-0.3, -0.25) is 4.68 Å². The van der Waals surface area contributed by atoms with Crippen LogP contribution in [0.1, 0.15) is 31.5 Å². The van der Waals surface area contributed by atoms with Crippen LogP contribution in [0.3, 0.4) is 0 Å². The Kier molecular flexibility index (Phi) is 5.63. The predicted molar refractivity (Wildman–Crippen MR) is 74.9 cm³/mol. The molecule has 0 fully saturated rings. The number of nitrogens with one attached hydrogen (secondary N) is 1. The summed E-state index contributed by atoms with van der Waals surface area (Å²) in [6.07, 6.45) is 1.04. The zero-order valence-corrected chi connectivity index (χ0v) is 12.8. The Bertz CT molecular complexity index is 388. The molecule has 0 saturated carbocycles. The van der Waals surface area contributed by atoms with Gasteiger partial charge < -0.3 is 10.1 Å². The molecule has 4 nitrogen and oxygen atoms in total. The number of methoxy groups -OCH3 is 1. The molecule has 0 bridgehead atoms. The lowest BCUT2D eigenvalue weighted by Gasteiger charge is -2.24. The van der Waals surface area contributed by atoms with E-state index in [4.69, 9.17) is 16.3 Å². The summed E-state index contributed by atoms with van der Waals surface area (Å²) < 4.78 is 6.83. The number of rotatable bonds is 7. The summed E-state index contributed by atoms with van der Waals surface area (Å²) in [7, 11) is 3.60. The molecule has 1 N–H and O–H groups in total. The minimum absolute atomic E-state index is 0.221. The molecule has 0 radical (unpaired) electrons. The molecular formula is C13H24ClN3O. The third-order valence-corrected chi connectivity index (χ3v) is 3.63. The Labute approximate surface area is 115 Å². The van der Waals surface area contributed by atoms with Crippen LogP contribution in [-0.4, -0.2) is 30.0 Å². The van der Waals surface area contributed by atoms with Gasteiger partial charge in [0.25, 0.3) is 0 Å². The predicted octanol–water partition coefficient (Wildman–Crippen LogP) is 2.53. The number of ether oxygens (including phenoxy) is 1. The standard InChI is InChI=1S/C13H24ClN3O/c1-10-11(12(14)17(4)16-10)8-15-9-13(2,3)6-7-18-5/h15H,6-9H2,1-5H3. The molecule has 5 heteroatoms. The molecule has 0 aliphatic rings. The van der Waals surface area contributed by atoms with Crippen molar-refractivity contribution < 1.29 is 4.74 Å². The summed E-state index contributed by atoms with van der Waals surface area (Å²) in [5.41, 5.74) is 2.30. The first-order valence-corrected chi connectivity index (χ1v) is 6.63. The van der Waals surface area contributed by atoms with Crippen LogP contribution in [0.5, 0.6) is 0 Å². The first kappa shape index (κ1) is 15.5. The second-order valence-corrected chi connectivity index (χ2v) is 5.85. The van der Waals surface area contributed by atoms with Gasteiger partial charge in [0.15, 0.2) is 0 Å². The third kappa shape index (κ3) is 4.26. The van der Waals surface area contributed by atoms with E-state index in [0.29, 0.717) is 0 Å². The van der Waals surface area contributed by atoms with E-state index in [-0.39, 0.29) is 5.41 Å². The number of hydrogen-bond acceptors (Lipinski definition) is 3. The maximum Gasteiger partial charge on any atom is 0.131 e. The van der Waals surface area contributed by atoms with Gasteiger partial charge in [0.05, 0.1) is 5.69 Å². The van der Waals surface area contributed by atoms with Gasteiger partial charge in [0.1, 0.15) is 5.15 Å². The number of aryl methyl sites for hydroxylation is 2. The zero-order chi connectivity index (χ0) is 13.8. The van der Waals surface area contributed by atoms with Crippen molar-refractivity contribution in [3.63, 3.8) is 0 Å². The van der Waals surface area contributed by atoms with Gasteiger partial charge in [-0.15, -0.1) is 0 Å². The molecule has 104 valence electrons. The van der Waals surface area contributed by atoms with Gasteiger partial charge in [-0.2, -0.15) is 5.10 Å². The first-order valence-electron chi connectivity index (χ1n) is 6.25. The molecule has 18 heavy (non-hydrogen) atoms. The molecule has 0 saturated heterocycles. The highest BCUT2D eigenvalue weighted by atomic mass is 35.5. The van der Waals surface area contributed by atoms with Crippen molar-refractivity contribution in [3.8, 4) is 0 Å². The van der Waals surface area contributed by atoms with Crippen molar-refractivity contribution in [2.45, 2.75) is 33.7 Å². The monoisotopic (exact) mass is 273 g/mol. The Morgan fingerprint density at radius 3 is 2.61 bits per heavy atom. The van der Waals surface area contributed by atoms with E-state index >= 15 is 0 Å². The summed E-state index contributed by atoms with van der Waals surface area (Å²) in [5.74, 6) is 0. The van der Waals surface area contributed by atoms with Crippen LogP contribution in [0.25, 0.3) is 0 Å². The summed E-state index contributed by atoms with van der Waals surface area (Å²) in [4.78, 5) is 0. The van der Waals surface area contributed by atoms with E-state index in [1.807, 2.05) is 14.0 Å². The van der Waals surface area contributed by atoms with Crippen molar-refractivity contribution in [2.75, 3.05) is 20.3 Å². The van der Waals surface area contributed by atoms with Crippen LogP contribution >= 0.6 is 11.6 Å². The second-order valence-electron chi connectivity index (χ2n) is 5.49. The zero-order valence-electron chi connectivity index (χ0n) is 12.0. The second kappa shape index (κ2) is 6.55. The van der Waals surface area contributed by atoms with Crippen molar-refractivity contribution in [3.05, 3.63) is 16.4 Å². The lowest BCUT2D eigenvalue weighted by Crippen LogP contribution is -2.30. The molecule has 0 aliphatic heterocycles. The van der Waals surface area contributed by atoms with Gasteiger partial charge >= 0.3 is 0 Å². The van der Waals surface area contributed by atoms with Crippen LogP contribution < -0.4 is 5.32 Å². The Balaban J connectivity index is 2.46. The fourth-order valence-corrected chi connectivity index (χ4v) is 2.11. The van der Waals surface area contributed by atoms with Crippen molar-refractivity contribution in [1.82, 2.24) is 15.1 Å². The highest BCUT2D eigenvalue weighted by molar-refractivity contribution is 6.30. The number of halogens is 1. The number of nitrogens with zero attached hydrogens (tertiary/aromatic N) is 2. The maximum absolute atomic E-state index is 6.19. The number of hydrogen-bond donors (Lipinski definition) is 1. The van der Waals surface area contributed by atoms with Gasteiger partial charge in [-0.05, 0) is 18.8 Å². The summed E-state index contributed by atoms with van der Waals surface area (Å²) >= 11 is 6.19. The van der Waals surface area contributed by atoms with E-state index in [9.17, 15) is 0 Å². The topological polar surface area (TPSA) is 39.1 Å². The van der Waals surface area contributed by atoms with E-state index < -0.39 is 0 Å². The molecule has 1 heterocycles. The quantitative estimate of drug-likeness (QED) is 0.830. The first-order chi connectivity index (χ1) is 8.37. The summed E-state index contributed by atoms with van der Waals surface area (Å²) in [5, 5.41) is 8.47. The van der Waals surface area contributed by atoms with E-state index in [1.54, 1.807) is 11.8 Å². The molecule has 1 rings (SSSR count). The summed E-state index contributed by atoms with van der Waals surface area (Å²) in [6, 6.07) is 0. The molecule has 1 aromatic heterocycles. The maximum atomic E-state index is 6.19. The van der Waals surface area contributed by atoms with E-state index in [0.717, 1.165) is 42.5 Å². The molecule has 0 amide bonds. The lowest BCUT2D eigenvalue weighted by atomic mass is 9.89. The van der Waals surface area contributed by atoms with E-state index in [2.05, 4.69) is 24.3 Å². The van der Waals surface area contributed by atoms with Gasteiger partial charge in [0.2, 0.25) is 0 Å². The highest BCUT2D eigenvalue weighted by Gasteiger charge is 2.18. The fourth-order valence-electron chi connectivity index (χ4n) is 1.87. The Morgan fingerprint density at radius 2 is 2.11 bits per heavy atom. The molecule has 0 spiro atoms. The third-order valence-electron chi connectivity index (χ3n) is 3.16. The lowest BCUT2D eigenvalue weighted by molar-refractivity contribution is 0.150. The van der Waals surface area contributed by atoms with Crippen LogP contribution in [-0.2, 0) is 18.3 Å². The average Bonchev–Trinajstić information content (AvgIpc) is 2.53. The fraction of sp³-hybridized carbons (Fsp3) is 0.769. The van der Waals surface area contributed by atoms with Crippen molar-refractivity contribution in [1.29, 1.82) is 0 Å². The molecule has 0 aliphatic carbocycles. The van der Waals surface area contributed by atoms with E-state index in [1.165, 1.54) is 0 Å². The molecule has 0 aromatic carbocycles. The smallest absolute Gasteiger partial charge is 0.131 e. The minimum atomic E-state index is 0.221. The van der Waals surface area contributed by atoms with Crippen LogP contribution in [0, 0.1) is 12.3 Å². The number of aromatic nitrogens is 2. The molecule has 1 aromatic rings. The molecular weight excluding hydrogens is 250 g/mol. The van der Waals surface area contributed by atoms with Gasteiger partial charge in [0, 0.05) is 39.4 Å². The Morgan fingerprint density at radius 1 is 1.44 bits per heavy atom. The largest absolute Gasteiger partial charge is 0.385 e. The van der Waals surface area contributed by atoms with Crippen LogP contribution in [0.4, 0.5) is 0 Å². The molecule has 0 unspecified atom stereocenters. The highest BCUT2D eigenvalue weighted by Crippen LogP contribution is 2.21. The van der Waals surface area contributed by atoms with Crippen LogP contribution in [0.2, 0.25) is 5.15 Å². The Hall–Kier alpha value is -0.580.